The van der Waals surface area contributed by atoms with Crippen LogP contribution >= 0.6 is 0 Å². The van der Waals surface area contributed by atoms with Gasteiger partial charge in [0.1, 0.15) is 11.0 Å². The highest BCUT2D eigenvalue weighted by atomic mass is 16.3. The molecule has 0 amide bonds. The molecule has 218 valence electrons. The van der Waals surface area contributed by atoms with Gasteiger partial charge >= 0.3 is 0 Å². The minimum absolute atomic E-state index is 0.167. The van der Waals surface area contributed by atoms with Crippen molar-refractivity contribution in [3.05, 3.63) is 76.9 Å². The number of aliphatic hydroxyl groups is 1. The van der Waals surface area contributed by atoms with Gasteiger partial charge in [-0.15, -0.1) is 6.58 Å². The minimum atomic E-state index is -1.03. The summed E-state index contributed by atoms with van der Waals surface area (Å²) >= 11 is 0. The van der Waals surface area contributed by atoms with Crippen LogP contribution in [0.5, 0.6) is 0 Å². The topological polar surface area (TPSA) is 104 Å². The number of anilines is 3. The van der Waals surface area contributed by atoms with Gasteiger partial charge in [-0.25, -0.2) is 19.3 Å². The molecule has 1 saturated heterocycles. The molecule has 4 aromatic rings. The lowest BCUT2D eigenvalue weighted by molar-refractivity contribution is -0.0623. The quantitative estimate of drug-likeness (QED) is 0.338. The maximum Gasteiger partial charge on any atom is 0.278 e. The third-order valence-corrected chi connectivity index (χ3v) is 9.73. The highest BCUT2D eigenvalue weighted by molar-refractivity contribution is 5.77. The molecule has 1 aromatic carbocycles. The summed E-state index contributed by atoms with van der Waals surface area (Å²) in [7, 11) is 2.15. The van der Waals surface area contributed by atoms with E-state index in [9.17, 15) is 9.90 Å². The van der Waals surface area contributed by atoms with Crippen molar-refractivity contribution in [3.8, 4) is 5.82 Å². The Hall–Kier alpha value is -4.02. The van der Waals surface area contributed by atoms with Crippen LogP contribution in [0.4, 0.5) is 17.3 Å². The minimum Gasteiger partial charge on any atom is -0.383 e. The molecule has 1 saturated carbocycles. The van der Waals surface area contributed by atoms with E-state index in [1.54, 1.807) is 21.6 Å². The Morgan fingerprint density at radius 1 is 1.05 bits per heavy atom. The molecule has 0 radical (unpaired) electrons. The highest BCUT2D eigenvalue weighted by Gasteiger charge is 2.56. The van der Waals surface area contributed by atoms with E-state index in [0.29, 0.717) is 28.5 Å². The third kappa shape index (κ3) is 4.23. The summed E-state index contributed by atoms with van der Waals surface area (Å²) in [5.41, 5.74) is 2.88. The predicted octanol–water partition coefficient (Wildman–Crippen LogP) is 3.98. The first-order valence-electron chi connectivity index (χ1n) is 14.9. The van der Waals surface area contributed by atoms with Crippen LogP contribution in [0, 0.1) is 5.41 Å². The van der Waals surface area contributed by atoms with Gasteiger partial charge in [-0.1, -0.05) is 25.0 Å². The lowest BCUT2D eigenvalue weighted by atomic mass is 9.73. The lowest BCUT2D eigenvalue weighted by Crippen LogP contribution is -2.44. The summed E-state index contributed by atoms with van der Waals surface area (Å²) in [5.74, 6) is 0.927. The number of pyridine rings is 1. The number of aromatic nitrogens is 5. The second kappa shape index (κ2) is 10.1. The monoisotopic (exact) mass is 566 g/mol. The second-order valence-electron chi connectivity index (χ2n) is 12.3. The van der Waals surface area contributed by atoms with Crippen molar-refractivity contribution in [2.45, 2.75) is 51.2 Å². The Bertz CT molecular complexity index is 1710. The molecule has 2 aliphatic carbocycles. The summed E-state index contributed by atoms with van der Waals surface area (Å²) in [4.78, 5) is 32.5. The Morgan fingerprint density at radius 2 is 1.79 bits per heavy atom. The zero-order valence-corrected chi connectivity index (χ0v) is 24.4. The fourth-order valence-electron chi connectivity index (χ4n) is 7.22. The summed E-state index contributed by atoms with van der Waals surface area (Å²) in [6.07, 6.45) is 8.34. The number of allylic oxidation sites excluding steroid dienone is 1. The maximum absolute atomic E-state index is 13.5. The highest BCUT2D eigenvalue weighted by Crippen LogP contribution is 2.58. The van der Waals surface area contributed by atoms with Gasteiger partial charge in [0.2, 0.25) is 5.95 Å². The van der Waals surface area contributed by atoms with Crippen LogP contribution < -0.4 is 15.8 Å². The first-order valence-corrected chi connectivity index (χ1v) is 14.9. The SMILES string of the molecule is C=CCn1c(=O)c2cnc(Nc3ccc(N4CCN(C)CC4)cc3)nc2n1-c1ccc2c(n1)C(C)(O)C1(CCCC1)C2. The second-order valence-corrected chi connectivity index (χ2v) is 12.3. The Balaban J connectivity index is 1.24. The molecule has 3 aliphatic rings. The molecule has 4 heterocycles. The van der Waals surface area contributed by atoms with Crippen LogP contribution in [0.15, 0.2) is 60.0 Å². The van der Waals surface area contributed by atoms with E-state index in [4.69, 9.17) is 9.97 Å². The zero-order valence-electron chi connectivity index (χ0n) is 24.4. The number of rotatable bonds is 6. The largest absolute Gasteiger partial charge is 0.383 e. The predicted molar refractivity (Wildman–Crippen MR) is 165 cm³/mol. The van der Waals surface area contributed by atoms with Gasteiger partial charge in [0, 0.05) is 49.2 Å². The smallest absolute Gasteiger partial charge is 0.278 e. The van der Waals surface area contributed by atoms with Crippen LogP contribution in [0.25, 0.3) is 16.9 Å². The van der Waals surface area contributed by atoms with E-state index in [1.807, 2.05) is 25.1 Å². The van der Waals surface area contributed by atoms with E-state index < -0.39 is 5.60 Å². The molecule has 10 heteroatoms. The summed E-state index contributed by atoms with van der Waals surface area (Å²) in [5, 5.41) is 15.5. The van der Waals surface area contributed by atoms with E-state index in [2.05, 4.69) is 51.9 Å². The molecule has 1 spiro atoms. The van der Waals surface area contributed by atoms with E-state index >= 15 is 0 Å². The Morgan fingerprint density at radius 3 is 2.50 bits per heavy atom. The van der Waals surface area contributed by atoms with Crippen LogP contribution in [-0.2, 0) is 18.6 Å². The van der Waals surface area contributed by atoms with E-state index in [1.165, 1.54) is 5.69 Å². The van der Waals surface area contributed by atoms with Crippen LogP contribution in [0.3, 0.4) is 0 Å². The van der Waals surface area contributed by atoms with Gasteiger partial charge in [-0.2, -0.15) is 4.98 Å². The fourth-order valence-corrected chi connectivity index (χ4v) is 7.22. The molecule has 42 heavy (non-hydrogen) atoms. The summed E-state index contributed by atoms with van der Waals surface area (Å²) in [6.45, 7) is 10.2. The standard InChI is InChI=1S/C32H38N8O2/c1-4-15-39-29(41)25-21-33-30(34-23-8-10-24(11-9-23)38-18-16-37(3)17-19-38)36-28(25)40(39)26-12-7-22-20-32(13-5-6-14-32)31(2,42)27(22)35-26/h4,7-12,21,42H,1,5-6,13-20H2,2-3H3,(H,33,34,36). The van der Waals surface area contributed by atoms with Crippen molar-refractivity contribution in [3.63, 3.8) is 0 Å². The first-order chi connectivity index (χ1) is 20.3. The van der Waals surface area contributed by atoms with E-state index in [0.717, 1.165) is 69.5 Å². The lowest BCUT2D eigenvalue weighted by Gasteiger charge is -2.36. The van der Waals surface area contributed by atoms with Gasteiger partial charge in [0.05, 0.1) is 12.2 Å². The number of nitrogens with zero attached hydrogens (tertiary/aromatic N) is 7. The molecular formula is C32H38N8O2. The third-order valence-electron chi connectivity index (χ3n) is 9.73. The average molecular weight is 567 g/mol. The number of hydrogen-bond donors (Lipinski definition) is 2. The molecule has 7 rings (SSSR count). The van der Waals surface area contributed by atoms with Crippen molar-refractivity contribution in [2.75, 3.05) is 43.4 Å². The molecule has 2 N–H and O–H groups in total. The maximum atomic E-state index is 13.5. The molecule has 2 fully saturated rings. The van der Waals surface area contributed by atoms with Crippen molar-refractivity contribution < 1.29 is 5.11 Å². The summed E-state index contributed by atoms with van der Waals surface area (Å²) < 4.78 is 3.31. The molecular weight excluding hydrogens is 528 g/mol. The van der Waals surface area contributed by atoms with Crippen LogP contribution in [0.1, 0.15) is 43.9 Å². The van der Waals surface area contributed by atoms with Gasteiger partial charge in [-0.05, 0) is 69.1 Å². The van der Waals surface area contributed by atoms with Crippen LogP contribution in [0.2, 0.25) is 0 Å². The molecule has 0 bridgehead atoms. The number of nitrogens with one attached hydrogen (secondary N) is 1. The van der Waals surface area contributed by atoms with Gasteiger partial charge in [0.15, 0.2) is 11.5 Å². The molecule has 1 aliphatic heterocycles. The molecule has 1 unspecified atom stereocenters. The van der Waals surface area contributed by atoms with Gasteiger partial charge in [0.25, 0.3) is 5.56 Å². The normalized spacial score (nSPS) is 21.7. The van der Waals surface area contributed by atoms with Crippen molar-refractivity contribution in [1.29, 1.82) is 0 Å². The first kappa shape index (κ1) is 26.9. The summed E-state index contributed by atoms with van der Waals surface area (Å²) in [6, 6.07) is 12.3. The van der Waals surface area contributed by atoms with Crippen molar-refractivity contribution >= 4 is 28.4 Å². The van der Waals surface area contributed by atoms with Gasteiger partial charge < -0.3 is 20.2 Å². The average Bonchev–Trinajstić information content (AvgIpc) is 3.64. The number of fused-ring (bicyclic) bond motifs is 2. The van der Waals surface area contributed by atoms with Gasteiger partial charge in [-0.3, -0.25) is 4.79 Å². The Kier molecular flexibility index (Phi) is 6.43. The van der Waals surface area contributed by atoms with Crippen LogP contribution in [-0.4, -0.2) is 67.5 Å². The zero-order chi connectivity index (χ0) is 29.1. The molecule has 1 atom stereocenters. The Labute approximate surface area is 245 Å². The number of hydrogen-bond acceptors (Lipinski definition) is 8. The number of likely N-dealkylation sites (N-methyl/N-ethyl adjacent to an activating group) is 1. The fraction of sp³-hybridized carbons (Fsp3) is 0.438. The van der Waals surface area contributed by atoms with Crippen molar-refractivity contribution in [2.24, 2.45) is 5.41 Å². The number of piperazine rings is 1. The molecule has 3 aromatic heterocycles. The van der Waals surface area contributed by atoms with E-state index in [-0.39, 0.29) is 17.5 Å². The van der Waals surface area contributed by atoms with Crippen molar-refractivity contribution in [1.82, 2.24) is 29.2 Å². The number of benzene rings is 1. The molecule has 10 nitrogen and oxygen atoms in total.